The lowest BCUT2D eigenvalue weighted by molar-refractivity contribution is -0.140. The van der Waals surface area contributed by atoms with Gasteiger partial charge in [0.25, 0.3) is 0 Å². The zero-order valence-corrected chi connectivity index (χ0v) is 13.4. The second-order valence-electron chi connectivity index (χ2n) is 5.21. The smallest absolute Gasteiger partial charge is 0.322 e. The molecule has 1 aliphatic heterocycles. The fraction of sp³-hybridized carbons (Fsp3) is 0.462. The highest BCUT2D eigenvalue weighted by Crippen LogP contribution is 2.47. The molecule has 5 nitrogen and oxygen atoms in total. The number of benzene rings is 1. The van der Waals surface area contributed by atoms with E-state index in [9.17, 15) is 18.3 Å². The molecular formula is C13H14ClNO4S2. The van der Waals surface area contributed by atoms with Gasteiger partial charge in [-0.15, -0.1) is 11.8 Å². The van der Waals surface area contributed by atoms with Gasteiger partial charge in [0, 0.05) is 10.8 Å². The van der Waals surface area contributed by atoms with E-state index in [0.717, 1.165) is 12.8 Å². The topological polar surface area (TPSA) is 74.7 Å². The summed E-state index contributed by atoms with van der Waals surface area (Å²) in [4.78, 5) is 11.5. The third-order valence-electron chi connectivity index (χ3n) is 3.66. The first-order chi connectivity index (χ1) is 9.91. The lowest BCUT2D eigenvalue weighted by Gasteiger charge is -2.26. The first kappa shape index (κ1) is 15.1. The Kier molecular flexibility index (Phi) is 3.94. The molecule has 1 saturated heterocycles. The minimum absolute atomic E-state index is 0.0504. The maximum Gasteiger partial charge on any atom is 0.322 e. The van der Waals surface area contributed by atoms with Crippen molar-refractivity contribution in [1.29, 1.82) is 0 Å². The van der Waals surface area contributed by atoms with Crippen molar-refractivity contribution in [1.82, 2.24) is 4.31 Å². The average Bonchev–Trinajstić information content (AvgIpc) is 3.16. The van der Waals surface area contributed by atoms with Gasteiger partial charge >= 0.3 is 5.97 Å². The van der Waals surface area contributed by atoms with Crippen LogP contribution < -0.4 is 0 Å². The molecule has 21 heavy (non-hydrogen) atoms. The molecule has 3 rings (SSSR count). The van der Waals surface area contributed by atoms with Crippen molar-refractivity contribution in [3.05, 3.63) is 29.3 Å². The number of carboxylic acids is 1. The Bertz CT molecular complexity index is 675. The van der Waals surface area contributed by atoms with E-state index in [2.05, 4.69) is 0 Å². The molecule has 2 fully saturated rings. The highest BCUT2D eigenvalue weighted by molar-refractivity contribution is 8.01. The SMILES string of the molecule is O=C(O)C1CSC(C2CC2)N1S(=O)(=O)c1cccc(Cl)c1. The van der Waals surface area contributed by atoms with Crippen LogP contribution >= 0.6 is 23.4 Å². The van der Waals surface area contributed by atoms with Crippen molar-refractivity contribution in [2.24, 2.45) is 5.92 Å². The monoisotopic (exact) mass is 347 g/mol. The largest absolute Gasteiger partial charge is 0.480 e. The van der Waals surface area contributed by atoms with Gasteiger partial charge in [-0.25, -0.2) is 8.42 Å². The van der Waals surface area contributed by atoms with E-state index in [0.29, 0.717) is 5.02 Å². The van der Waals surface area contributed by atoms with Crippen LogP contribution in [0.2, 0.25) is 5.02 Å². The minimum atomic E-state index is -3.86. The van der Waals surface area contributed by atoms with E-state index in [1.165, 1.54) is 28.2 Å². The van der Waals surface area contributed by atoms with E-state index in [1.807, 2.05) is 0 Å². The van der Waals surface area contributed by atoms with Gasteiger partial charge < -0.3 is 5.11 Å². The molecule has 1 heterocycles. The molecule has 0 amide bonds. The summed E-state index contributed by atoms with van der Waals surface area (Å²) in [5.41, 5.74) is 0. The first-order valence-corrected chi connectivity index (χ1v) is 9.41. The molecule has 1 aromatic rings. The summed E-state index contributed by atoms with van der Waals surface area (Å²) in [5.74, 6) is -0.555. The number of carbonyl (C=O) groups is 1. The standard InChI is InChI=1S/C13H14ClNO4S2/c14-9-2-1-3-10(6-9)21(18,19)15-11(13(16)17)7-20-12(15)8-4-5-8/h1-3,6,8,11-12H,4-5,7H2,(H,16,17). The van der Waals surface area contributed by atoms with Crippen LogP contribution in [0.3, 0.4) is 0 Å². The molecule has 1 N–H and O–H groups in total. The van der Waals surface area contributed by atoms with Crippen LogP contribution in [-0.2, 0) is 14.8 Å². The van der Waals surface area contributed by atoms with Crippen LogP contribution in [0.4, 0.5) is 0 Å². The third kappa shape index (κ3) is 2.79. The van der Waals surface area contributed by atoms with Gasteiger partial charge in [-0.2, -0.15) is 4.31 Å². The maximum absolute atomic E-state index is 12.8. The third-order valence-corrected chi connectivity index (χ3v) is 7.38. The van der Waals surface area contributed by atoms with Crippen LogP contribution in [0.5, 0.6) is 0 Å². The second kappa shape index (κ2) is 5.46. The van der Waals surface area contributed by atoms with Crippen molar-refractivity contribution in [3.8, 4) is 0 Å². The Labute approximate surface area is 132 Å². The van der Waals surface area contributed by atoms with Gasteiger partial charge in [0.2, 0.25) is 10.0 Å². The van der Waals surface area contributed by atoms with Crippen LogP contribution in [0.1, 0.15) is 12.8 Å². The molecule has 1 aliphatic carbocycles. The van der Waals surface area contributed by atoms with E-state index in [4.69, 9.17) is 11.6 Å². The molecule has 0 radical (unpaired) electrons. The Hall–Kier alpha value is -0.760. The zero-order valence-electron chi connectivity index (χ0n) is 11.0. The summed E-state index contributed by atoms with van der Waals surface area (Å²) in [5, 5.41) is 9.36. The number of thioether (sulfide) groups is 1. The normalized spacial score (nSPS) is 26.9. The highest BCUT2D eigenvalue weighted by Gasteiger charge is 2.51. The predicted molar refractivity (Wildman–Crippen MR) is 80.9 cm³/mol. The summed E-state index contributed by atoms with van der Waals surface area (Å²) in [7, 11) is -3.86. The van der Waals surface area contributed by atoms with Gasteiger partial charge in [0.05, 0.1) is 10.3 Å². The number of aliphatic carboxylic acids is 1. The summed E-state index contributed by atoms with van der Waals surface area (Å²) in [6.07, 6.45) is 1.90. The van der Waals surface area contributed by atoms with E-state index in [1.54, 1.807) is 12.1 Å². The van der Waals surface area contributed by atoms with Crippen molar-refractivity contribution in [2.75, 3.05) is 5.75 Å². The number of hydrogen-bond donors (Lipinski definition) is 1. The molecule has 2 unspecified atom stereocenters. The van der Waals surface area contributed by atoms with Gasteiger partial charge in [-0.05, 0) is 37.0 Å². The van der Waals surface area contributed by atoms with Crippen molar-refractivity contribution < 1.29 is 18.3 Å². The van der Waals surface area contributed by atoms with Crippen LogP contribution in [-0.4, -0.2) is 41.0 Å². The maximum atomic E-state index is 12.8. The van der Waals surface area contributed by atoms with Crippen molar-refractivity contribution >= 4 is 39.4 Å². The van der Waals surface area contributed by atoms with Gasteiger partial charge in [-0.3, -0.25) is 4.79 Å². The van der Waals surface area contributed by atoms with Crippen LogP contribution in [0, 0.1) is 5.92 Å². The molecule has 8 heteroatoms. The molecule has 0 bridgehead atoms. The number of carboxylic acid groups (broad SMARTS) is 1. The Morgan fingerprint density at radius 3 is 2.67 bits per heavy atom. The number of sulfonamides is 1. The summed E-state index contributed by atoms with van der Waals surface area (Å²) >= 11 is 7.28. The van der Waals surface area contributed by atoms with Crippen molar-refractivity contribution in [3.63, 3.8) is 0 Å². The molecule has 1 aromatic carbocycles. The molecule has 2 aliphatic rings. The summed E-state index contributed by atoms with van der Waals surface area (Å²) < 4.78 is 26.8. The zero-order chi connectivity index (χ0) is 15.2. The lowest BCUT2D eigenvalue weighted by Crippen LogP contribution is -2.46. The van der Waals surface area contributed by atoms with Gasteiger partial charge in [0.1, 0.15) is 6.04 Å². The average molecular weight is 348 g/mol. The Balaban J connectivity index is 2.02. The lowest BCUT2D eigenvalue weighted by atomic mass is 10.3. The van der Waals surface area contributed by atoms with E-state index in [-0.39, 0.29) is 21.9 Å². The van der Waals surface area contributed by atoms with Gasteiger partial charge in [0.15, 0.2) is 0 Å². The Morgan fingerprint density at radius 1 is 1.38 bits per heavy atom. The van der Waals surface area contributed by atoms with Crippen molar-refractivity contribution in [2.45, 2.75) is 29.2 Å². The fourth-order valence-electron chi connectivity index (χ4n) is 2.47. The number of rotatable bonds is 4. The predicted octanol–water partition coefficient (Wildman–Crippen LogP) is 2.27. The number of nitrogens with zero attached hydrogens (tertiary/aromatic N) is 1. The van der Waals surface area contributed by atoms with E-state index >= 15 is 0 Å². The quantitative estimate of drug-likeness (QED) is 0.904. The molecule has 0 aromatic heterocycles. The summed E-state index contributed by atoms with van der Waals surface area (Å²) in [6.45, 7) is 0. The van der Waals surface area contributed by atoms with Crippen LogP contribution in [0.15, 0.2) is 29.2 Å². The Morgan fingerprint density at radius 2 is 2.10 bits per heavy atom. The minimum Gasteiger partial charge on any atom is -0.480 e. The fourth-order valence-corrected chi connectivity index (χ4v) is 6.58. The van der Waals surface area contributed by atoms with Crippen LogP contribution in [0.25, 0.3) is 0 Å². The molecular weight excluding hydrogens is 334 g/mol. The van der Waals surface area contributed by atoms with Gasteiger partial charge in [-0.1, -0.05) is 17.7 Å². The molecule has 114 valence electrons. The highest BCUT2D eigenvalue weighted by atomic mass is 35.5. The molecule has 2 atom stereocenters. The first-order valence-electron chi connectivity index (χ1n) is 6.55. The summed E-state index contributed by atoms with van der Waals surface area (Å²) in [6, 6.07) is 4.95. The second-order valence-corrected chi connectivity index (χ2v) is 8.64. The molecule has 1 saturated carbocycles. The van der Waals surface area contributed by atoms with E-state index < -0.39 is 22.0 Å². The number of halogens is 1. The molecule has 0 spiro atoms. The number of hydrogen-bond acceptors (Lipinski definition) is 4.